The van der Waals surface area contributed by atoms with Gasteiger partial charge in [0.05, 0.1) is 0 Å². The van der Waals surface area contributed by atoms with Crippen molar-refractivity contribution in [3.05, 3.63) is 0 Å². The molecule has 4 nitrogen and oxygen atoms in total. The summed E-state index contributed by atoms with van der Waals surface area (Å²) >= 11 is 0. The van der Waals surface area contributed by atoms with E-state index in [1.54, 1.807) is 0 Å². The first kappa shape index (κ1) is 10.5. The molecule has 1 rings (SSSR count). The molecule has 0 saturated carbocycles. The highest BCUT2D eigenvalue weighted by Gasteiger charge is 2.31. The van der Waals surface area contributed by atoms with Crippen LogP contribution in [0.2, 0.25) is 0 Å². The van der Waals surface area contributed by atoms with Gasteiger partial charge in [-0.25, -0.2) is 0 Å². The van der Waals surface area contributed by atoms with Gasteiger partial charge in [-0.1, -0.05) is 6.92 Å². The van der Waals surface area contributed by atoms with Crippen molar-refractivity contribution in [2.45, 2.75) is 32.4 Å². The second-order valence-electron chi connectivity index (χ2n) is 3.70. The van der Waals surface area contributed by atoms with Crippen LogP contribution in [0.15, 0.2) is 0 Å². The van der Waals surface area contributed by atoms with Gasteiger partial charge in [0.15, 0.2) is 0 Å². The Morgan fingerprint density at radius 2 is 2.46 bits per heavy atom. The zero-order valence-electron chi connectivity index (χ0n) is 8.25. The molecule has 1 aliphatic rings. The Balaban J connectivity index is 2.38. The molecule has 0 aliphatic carbocycles. The number of rotatable bonds is 3. The van der Waals surface area contributed by atoms with Gasteiger partial charge in [-0.2, -0.15) is 0 Å². The molecule has 0 radical (unpaired) electrons. The summed E-state index contributed by atoms with van der Waals surface area (Å²) in [5.74, 6) is 0.299. The maximum Gasteiger partial charge on any atom is 0.249 e. The van der Waals surface area contributed by atoms with Crippen LogP contribution in [-0.4, -0.2) is 31.2 Å². The molecule has 1 heterocycles. The van der Waals surface area contributed by atoms with Crippen molar-refractivity contribution >= 4 is 5.91 Å². The Morgan fingerprint density at radius 3 is 2.92 bits per heavy atom. The number of hydrogen-bond acceptors (Lipinski definition) is 3. The topological polar surface area (TPSA) is 64.3 Å². The van der Waals surface area contributed by atoms with E-state index in [2.05, 4.69) is 5.32 Å². The lowest BCUT2D eigenvalue weighted by atomic mass is 10.0. The number of ether oxygens (including phenoxy) is 1. The molecule has 0 aromatic rings. The predicted octanol–water partition coefficient (Wildman–Crippen LogP) is -0.125. The minimum atomic E-state index is -0.269. The fourth-order valence-corrected chi connectivity index (χ4v) is 1.41. The monoisotopic (exact) mass is 186 g/mol. The molecule has 0 bridgehead atoms. The lowest BCUT2D eigenvalue weighted by Gasteiger charge is -2.17. The minimum Gasteiger partial charge on any atom is -0.368 e. The van der Waals surface area contributed by atoms with Crippen LogP contribution in [0.4, 0.5) is 0 Å². The van der Waals surface area contributed by atoms with Crippen molar-refractivity contribution in [3.8, 4) is 0 Å². The molecule has 0 spiro atoms. The van der Waals surface area contributed by atoms with E-state index in [0.29, 0.717) is 19.1 Å². The number of carbonyl (C=O) groups is 1. The van der Waals surface area contributed by atoms with Crippen LogP contribution in [-0.2, 0) is 9.53 Å². The summed E-state index contributed by atoms with van der Waals surface area (Å²) in [6.45, 7) is 5.07. The summed E-state index contributed by atoms with van der Waals surface area (Å²) < 4.78 is 5.32. The SMILES string of the molecule is CC(CN)NC(=O)C1OCCC1C. The van der Waals surface area contributed by atoms with E-state index in [1.165, 1.54) is 0 Å². The first-order valence-electron chi connectivity index (χ1n) is 4.77. The lowest BCUT2D eigenvalue weighted by molar-refractivity contribution is -0.132. The van der Waals surface area contributed by atoms with Gasteiger partial charge >= 0.3 is 0 Å². The molecule has 4 heteroatoms. The third-order valence-corrected chi connectivity index (χ3v) is 2.39. The number of amides is 1. The highest BCUT2D eigenvalue weighted by Crippen LogP contribution is 2.19. The Hall–Kier alpha value is -0.610. The van der Waals surface area contributed by atoms with E-state index >= 15 is 0 Å². The van der Waals surface area contributed by atoms with Crippen molar-refractivity contribution in [3.63, 3.8) is 0 Å². The molecule has 1 saturated heterocycles. The first-order chi connectivity index (χ1) is 6.15. The smallest absolute Gasteiger partial charge is 0.249 e. The summed E-state index contributed by atoms with van der Waals surface area (Å²) in [6, 6.07) is 0.0314. The van der Waals surface area contributed by atoms with Gasteiger partial charge in [0.25, 0.3) is 0 Å². The van der Waals surface area contributed by atoms with E-state index in [1.807, 2.05) is 13.8 Å². The molecule has 76 valence electrons. The highest BCUT2D eigenvalue weighted by atomic mass is 16.5. The number of carbonyl (C=O) groups excluding carboxylic acids is 1. The van der Waals surface area contributed by atoms with Gasteiger partial charge in [0.2, 0.25) is 5.91 Å². The summed E-state index contributed by atoms with van der Waals surface area (Å²) in [7, 11) is 0. The van der Waals surface area contributed by atoms with E-state index in [9.17, 15) is 4.79 Å². The maximum atomic E-state index is 11.5. The molecule has 13 heavy (non-hydrogen) atoms. The molecule has 3 N–H and O–H groups in total. The average Bonchev–Trinajstić information content (AvgIpc) is 2.51. The Bertz CT molecular complexity index is 184. The normalized spacial score (nSPS) is 30.1. The molecular weight excluding hydrogens is 168 g/mol. The maximum absolute atomic E-state index is 11.5. The van der Waals surface area contributed by atoms with Crippen molar-refractivity contribution in [2.75, 3.05) is 13.2 Å². The van der Waals surface area contributed by atoms with Gasteiger partial charge in [-0.05, 0) is 19.3 Å². The Kier molecular flexibility index (Phi) is 3.69. The van der Waals surface area contributed by atoms with E-state index in [-0.39, 0.29) is 18.1 Å². The molecule has 0 aromatic heterocycles. The second kappa shape index (κ2) is 4.58. The molecule has 1 fully saturated rings. The van der Waals surface area contributed by atoms with Crippen LogP contribution < -0.4 is 11.1 Å². The van der Waals surface area contributed by atoms with Gasteiger partial charge in [0, 0.05) is 19.2 Å². The number of nitrogens with one attached hydrogen (secondary N) is 1. The van der Waals surface area contributed by atoms with E-state index in [0.717, 1.165) is 6.42 Å². The second-order valence-corrected chi connectivity index (χ2v) is 3.70. The van der Waals surface area contributed by atoms with Crippen LogP contribution in [0.25, 0.3) is 0 Å². The fourth-order valence-electron chi connectivity index (χ4n) is 1.41. The number of nitrogens with two attached hydrogens (primary N) is 1. The van der Waals surface area contributed by atoms with Crippen LogP contribution in [0.3, 0.4) is 0 Å². The zero-order valence-corrected chi connectivity index (χ0v) is 8.25. The van der Waals surface area contributed by atoms with Gasteiger partial charge in [-0.3, -0.25) is 4.79 Å². The molecular formula is C9H18N2O2. The summed E-state index contributed by atoms with van der Waals surface area (Å²) in [5.41, 5.74) is 5.40. The van der Waals surface area contributed by atoms with Crippen LogP contribution in [0, 0.1) is 5.92 Å². The van der Waals surface area contributed by atoms with Crippen molar-refractivity contribution in [1.29, 1.82) is 0 Å². The Morgan fingerprint density at radius 1 is 1.77 bits per heavy atom. The highest BCUT2D eigenvalue weighted by molar-refractivity contribution is 5.81. The number of hydrogen-bond donors (Lipinski definition) is 2. The quantitative estimate of drug-likeness (QED) is 0.645. The molecule has 0 aromatic carbocycles. The third-order valence-electron chi connectivity index (χ3n) is 2.39. The van der Waals surface area contributed by atoms with Crippen molar-refractivity contribution in [1.82, 2.24) is 5.32 Å². The van der Waals surface area contributed by atoms with Gasteiger partial charge in [0.1, 0.15) is 6.10 Å². The van der Waals surface area contributed by atoms with Crippen molar-refractivity contribution in [2.24, 2.45) is 11.7 Å². The summed E-state index contributed by atoms with van der Waals surface area (Å²) in [6.07, 6.45) is 0.698. The predicted molar refractivity (Wildman–Crippen MR) is 50.2 cm³/mol. The largest absolute Gasteiger partial charge is 0.368 e. The van der Waals surface area contributed by atoms with E-state index in [4.69, 9.17) is 10.5 Å². The molecule has 3 atom stereocenters. The Labute approximate surface area is 78.8 Å². The van der Waals surface area contributed by atoms with Crippen LogP contribution in [0.5, 0.6) is 0 Å². The molecule has 3 unspecified atom stereocenters. The van der Waals surface area contributed by atoms with Gasteiger partial charge < -0.3 is 15.8 Å². The first-order valence-corrected chi connectivity index (χ1v) is 4.77. The van der Waals surface area contributed by atoms with Gasteiger partial charge in [-0.15, -0.1) is 0 Å². The molecule has 1 amide bonds. The van der Waals surface area contributed by atoms with Crippen LogP contribution in [0.1, 0.15) is 20.3 Å². The van der Waals surface area contributed by atoms with E-state index < -0.39 is 0 Å². The molecule has 1 aliphatic heterocycles. The zero-order chi connectivity index (χ0) is 9.84. The fraction of sp³-hybridized carbons (Fsp3) is 0.889. The standard InChI is InChI=1S/C9H18N2O2/c1-6-3-4-13-8(6)9(12)11-7(2)5-10/h6-8H,3-5,10H2,1-2H3,(H,11,12). The van der Waals surface area contributed by atoms with Crippen LogP contribution >= 0.6 is 0 Å². The average molecular weight is 186 g/mol. The van der Waals surface area contributed by atoms with Crippen molar-refractivity contribution < 1.29 is 9.53 Å². The third kappa shape index (κ3) is 2.67. The minimum absolute atomic E-state index is 0.0250. The lowest BCUT2D eigenvalue weighted by Crippen LogP contribution is -2.44. The summed E-state index contributed by atoms with van der Waals surface area (Å²) in [4.78, 5) is 11.5. The summed E-state index contributed by atoms with van der Waals surface area (Å²) in [5, 5.41) is 2.81.